The second-order valence-electron chi connectivity index (χ2n) is 7.06. The predicted molar refractivity (Wildman–Crippen MR) is 110 cm³/mol. The van der Waals surface area contributed by atoms with E-state index in [1.54, 1.807) is 12.4 Å². The van der Waals surface area contributed by atoms with Crippen molar-refractivity contribution >= 4 is 17.2 Å². The molecule has 1 atom stereocenters. The van der Waals surface area contributed by atoms with E-state index in [9.17, 15) is 4.79 Å². The number of rotatable bonds is 5. The fraction of sp³-hybridized carbons (Fsp3) is 0.318. The molecule has 1 saturated heterocycles. The summed E-state index contributed by atoms with van der Waals surface area (Å²) in [6, 6.07) is 12.0. The van der Waals surface area contributed by atoms with Gasteiger partial charge in [-0.3, -0.25) is 9.78 Å². The van der Waals surface area contributed by atoms with Crippen LogP contribution in [0.25, 0.3) is 0 Å². The smallest absolute Gasteiger partial charge is 0.266 e. The summed E-state index contributed by atoms with van der Waals surface area (Å²) >= 11 is 1.43. The maximum atomic E-state index is 13.2. The highest BCUT2D eigenvalue weighted by Gasteiger charge is 2.32. The molecule has 3 heterocycles. The molecule has 1 aromatic carbocycles. The number of amides is 1. The number of aryl methyl sites for hydroxylation is 2. The predicted octanol–water partition coefficient (Wildman–Crippen LogP) is 4.71. The van der Waals surface area contributed by atoms with E-state index >= 15 is 0 Å². The van der Waals surface area contributed by atoms with Crippen molar-refractivity contribution in [2.75, 3.05) is 6.54 Å². The van der Waals surface area contributed by atoms with Crippen molar-refractivity contribution in [1.29, 1.82) is 0 Å². The molecule has 3 aromatic rings. The summed E-state index contributed by atoms with van der Waals surface area (Å²) in [5.41, 5.74) is 3.11. The summed E-state index contributed by atoms with van der Waals surface area (Å²) in [6.45, 7) is 5.09. The van der Waals surface area contributed by atoms with E-state index in [1.165, 1.54) is 16.9 Å². The first-order valence-corrected chi connectivity index (χ1v) is 10.3. The van der Waals surface area contributed by atoms with Gasteiger partial charge in [-0.15, -0.1) is 11.3 Å². The lowest BCUT2D eigenvalue weighted by molar-refractivity contribution is 0.0739. The number of nitrogens with zero attached hydrogens (tertiary/aromatic N) is 3. The molecule has 4 rings (SSSR count). The zero-order valence-electron chi connectivity index (χ0n) is 16.1. The molecule has 144 valence electrons. The molecule has 1 aliphatic rings. The molecule has 0 spiro atoms. The normalized spacial score (nSPS) is 16.4. The molecule has 1 fully saturated rings. The van der Waals surface area contributed by atoms with Crippen LogP contribution >= 0.6 is 11.3 Å². The Labute approximate surface area is 169 Å². The first-order valence-electron chi connectivity index (χ1n) is 9.48. The third-order valence-electron chi connectivity index (χ3n) is 5.02. The molecule has 1 aliphatic heterocycles. The van der Waals surface area contributed by atoms with Gasteiger partial charge in [-0.25, -0.2) is 4.98 Å². The second-order valence-corrected chi connectivity index (χ2v) is 8.14. The molecule has 0 saturated carbocycles. The zero-order chi connectivity index (χ0) is 19.5. The third kappa shape index (κ3) is 3.92. The summed E-state index contributed by atoms with van der Waals surface area (Å²) in [6.07, 6.45) is 5.57. The number of pyridine rings is 1. The molecule has 6 heteroatoms. The maximum Gasteiger partial charge on any atom is 0.266 e. The Hall–Kier alpha value is -2.73. The van der Waals surface area contributed by atoms with E-state index in [-0.39, 0.29) is 11.9 Å². The van der Waals surface area contributed by atoms with Gasteiger partial charge in [0.05, 0.1) is 11.7 Å². The monoisotopic (exact) mass is 393 g/mol. The molecule has 0 aliphatic carbocycles. The van der Waals surface area contributed by atoms with E-state index in [2.05, 4.69) is 9.97 Å². The highest BCUT2D eigenvalue weighted by atomic mass is 32.1. The Morgan fingerprint density at radius 2 is 1.93 bits per heavy atom. The van der Waals surface area contributed by atoms with Crippen molar-refractivity contribution in [2.45, 2.75) is 39.3 Å². The SMILES string of the molecule is Cc1ccc(OCc2nc(C)c(C(=O)N3CCC[C@H]3c3ccncc3)s2)cc1. The van der Waals surface area contributed by atoms with Crippen LogP contribution in [0.1, 0.15) is 50.4 Å². The number of carbonyl (C=O) groups excluding carboxylic acids is 1. The van der Waals surface area contributed by atoms with Gasteiger partial charge in [0.2, 0.25) is 0 Å². The van der Waals surface area contributed by atoms with Crippen LogP contribution in [-0.2, 0) is 6.61 Å². The van der Waals surface area contributed by atoms with Crippen LogP contribution < -0.4 is 4.74 Å². The minimum atomic E-state index is 0.0656. The molecular weight excluding hydrogens is 370 g/mol. The summed E-state index contributed by atoms with van der Waals surface area (Å²) in [5, 5.41) is 0.820. The van der Waals surface area contributed by atoms with Crippen molar-refractivity contribution in [3.05, 3.63) is 75.5 Å². The average molecular weight is 394 g/mol. The highest BCUT2D eigenvalue weighted by Crippen LogP contribution is 2.34. The van der Waals surface area contributed by atoms with Crippen molar-refractivity contribution in [3.8, 4) is 5.75 Å². The van der Waals surface area contributed by atoms with Gasteiger partial charge in [-0.05, 0) is 56.5 Å². The van der Waals surface area contributed by atoms with Gasteiger partial charge in [0.1, 0.15) is 22.2 Å². The van der Waals surface area contributed by atoms with Crippen molar-refractivity contribution in [1.82, 2.24) is 14.9 Å². The summed E-state index contributed by atoms with van der Waals surface area (Å²) in [7, 11) is 0. The Morgan fingerprint density at radius 1 is 1.18 bits per heavy atom. The van der Waals surface area contributed by atoms with Gasteiger partial charge < -0.3 is 9.64 Å². The van der Waals surface area contributed by atoms with Crippen molar-refractivity contribution < 1.29 is 9.53 Å². The summed E-state index contributed by atoms with van der Waals surface area (Å²) in [4.78, 5) is 24.6. The van der Waals surface area contributed by atoms with E-state index in [4.69, 9.17) is 4.74 Å². The van der Waals surface area contributed by atoms with Crippen LogP contribution in [0.4, 0.5) is 0 Å². The molecular formula is C22H23N3O2S. The van der Waals surface area contributed by atoms with E-state index in [0.29, 0.717) is 11.5 Å². The first-order chi connectivity index (χ1) is 13.6. The lowest BCUT2D eigenvalue weighted by Crippen LogP contribution is -2.30. The van der Waals surface area contributed by atoms with Crippen LogP contribution in [0, 0.1) is 13.8 Å². The quantitative estimate of drug-likeness (QED) is 0.630. The van der Waals surface area contributed by atoms with Gasteiger partial charge >= 0.3 is 0 Å². The Kier molecular flexibility index (Phi) is 5.39. The van der Waals surface area contributed by atoms with Gasteiger partial charge in [0.15, 0.2) is 0 Å². The van der Waals surface area contributed by atoms with Gasteiger partial charge in [-0.2, -0.15) is 0 Å². The fourth-order valence-electron chi connectivity index (χ4n) is 3.56. The fourth-order valence-corrected chi connectivity index (χ4v) is 4.50. The van der Waals surface area contributed by atoms with E-state index < -0.39 is 0 Å². The molecule has 0 radical (unpaired) electrons. The number of ether oxygens (including phenoxy) is 1. The third-order valence-corrected chi connectivity index (χ3v) is 6.14. The number of aromatic nitrogens is 2. The Bertz CT molecular complexity index is 954. The van der Waals surface area contributed by atoms with Gasteiger partial charge in [-0.1, -0.05) is 17.7 Å². The van der Waals surface area contributed by atoms with Crippen LogP contribution in [0.5, 0.6) is 5.75 Å². The number of likely N-dealkylation sites (tertiary alicyclic amines) is 1. The summed E-state index contributed by atoms with van der Waals surface area (Å²) in [5.74, 6) is 0.875. The minimum absolute atomic E-state index is 0.0656. The van der Waals surface area contributed by atoms with Gasteiger partial charge in [0, 0.05) is 18.9 Å². The zero-order valence-corrected chi connectivity index (χ0v) is 16.9. The lowest BCUT2D eigenvalue weighted by atomic mass is 10.1. The second kappa shape index (κ2) is 8.10. The number of hydrogen-bond acceptors (Lipinski definition) is 5. The first kappa shape index (κ1) is 18.6. The topological polar surface area (TPSA) is 55.3 Å². The van der Waals surface area contributed by atoms with Crippen molar-refractivity contribution in [3.63, 3.8) is 0 Å². The molecule has 28 heavy (non-hydrogen) atoms. The maximum absolute atomic E-state index is 13.2. The summed E-state index contributed by atoms with van der Waals surface area (Å²) < 4.78 is 5.83. The largest absolute Gasteiger partial charge is 0.486 e. The number of carbonyl (C=O) groups is 1. The Morgan fingerprint density at radius 3 is 2.68 bits per heavy atom. The lowest BCUT2D eigenvalue weighted by Gasteiger charge is -2.24. The van der Waals surface area contributed by atoms with Crippen LogP contribution in [0.3, 0.4) is 0 Å². The number of thiazole rings is 1. The molecule has 0 N–H and O–H groups in total. The number of benzene rings is 1. The van der Waals surface area contributed by atoms with Crippen LogP contribution in [-0.4, -0.2) is 27.3 Å². The van der Waals surface area contributed by atoms with E-state index in [1.807, 2.05) is 55.1 Å². The van der Waals surface area contributed by atoms with Crippen LogP contribution in [0.15, 0.2) is 48.8 Å². The van der Waals surface area contributed by atoms with Crippen LogP contribution in [0.2, 0.25) is 0 Å². The number of hydrogen-bond donors (Lipinski definition) is 0. The molecule has 0 unspecified atom stereocenters. The Balaban J connectivity index is 1.48. The molecule has 1 amide bonds. The standard InChI is InChI=1S/C22H23N3O2S/c1-15-5-7-18(8-6-15)27-14-20-24-16(2)21(28-20)22(26)25-13-3-4-19(25)17-9-11-23-12-10-17/h5-12,19H,3-4,13-14H2,1-2H3/t19-/m0/s1. The van der Waals surface area contributed by atoms with Gasteiger partial charge in [0.25, 0.3) is 5.91 Å². The molecule has 2 aromatic heterocycles. The minimum Gasteiger partial charge on any atom is -0.486 e. The molecule has 0 bridgehead atoms. The average Bonchev–Trinajstić information content (AvgIpc) is 3.34. The van der Waals surface area contributed by atoms with E-state index in [0.717, 1.165) is 41.4 Å². The molecule has 5 nitrogen and oxygen atoms in total. The van der Waals surface area contributed by atoms with Crippen molar-refractivity contribution in [2.24, 2.45) is 0 Å². The highest BCUT2D eigenvalue weighted by molar-refractivity contribution is 7.13.